The number of hydrogen-bond acceptors (Lipinski definition) is 5. The maximum absolute atomic E-state index is 9.46. The molecule has 1 heterocycles. The smallest absolute Gasteiger partial charge is 0.170 e. The quantitative estimate of drug-likeness (QED) is 0.796. The summed E-state index contributed by atoms with van der Waals surface area (Å²) in [6.45, 7) is 0. The lowest BCUT2D eigenvalue weighted by Gasteiger charge is -2.27. The Labute approximate surface area is 109 Å². The van der Waals surface area contributed by atoms with Gasteiger partial charge in [0.15, 0.2) is 11.6 Å². The van der Waals surface area contributed by atoms with E-state index < -0.39 is 0 Å². The van der Waals surface area contributed by atoms with Crippen LogP contribution < -0.4 is 10.6 Å². The summed E-state index contributed by atoms with van der Waals surface area (Å²) in [7, 11) is 1.83. The zero-order valence-electron chi connectivity index (χ0n) is 9.78. The molecule has 0 spiro atoms. The molecule has 6 heteroatoms. The molecule has 17 heavy (non-hydrogen) atoms. The highest BCUT2D eigenvalue weighted by molar-refractivity contribution is 9.10. The normalized spacial score (nSPS) is 24.4. The van der Waals surface area contributed by atoms with Gasteiger partial charge in [0.2, 0.25) is 0 Å². The molecule has 1 aliphatic carbocycles. The second-order valence-corrected chi connectivity index (χ2v) is 5.10. The van der Waals surface area contributed by atoms with Crippen LogP contribution in [0.25, 0.3) is 0 Å². The summed E-state index contributed by atoms with van der Waals surface area (Å²) in [6, 6.07) is 0.370. The van der Waals surface area contributed by atoms with Crippen molar-refractivity contribution >= 4 is 27.6 Å². The van der Waals surface area contributed by atoms with Gasteiger partial charge in [-0.15, -0.1) is 0 Å². The molecular weight excluding hydrogens is 284 g/mol. The van der Waals surface area contributed by atoms with Crippen molar-refractivity contribution in [1.29, 1.82) is 0 Å². The predicted octanol–water partition coefficient (Wildman–Crippen LogP) is 2.00. The van der Waals surface area contributed by atoms with E-state index in [1.165, 1.54) is 0 Å². The Morgan fingerprint density at radius 2 is 2.00 bits per heavy atom. The van der Waals surface area contributed by atoms with E-state index in [1.807, 2.05) is 7.05 Å². The van der Waals surface area contributed by atoms with E-state index >= 15 is 0 Å². The number of halogens is 1. The Hall–Kier alpha value is -0.880. The Balaban J connectivity index is 2.04. The van der Waals surface area contributed by atoms with E-state index in [2.05, 4.69) is 36.5 Å². The molecule has 0 atom stereocenters. The fraction of sp³-hybridized carbons (Fsp3) is 0.636. The van der Waals surface area contributed by atoms with Crippen LogP contribution in [0.2, 0.25) is 0 Å². The fourth-order valence-electron chi connectivity index (χ4n) is 2.06. The van der Waals surface area contributed by atoms with Crippen molar-refractivity contribution in [2.24, 2.45) is 0 Å². The van der Waals surface area contributed by atoms with Crippen LogP contribution in [0.1, 0.15) is 25.7 Å². The van der Waals surface area contributed by atoms with Crippen LogP contribution in [0.15, 0.2) is 10.8 Å². The van der Waals surface area contributed by atoms with Crippen LogP contribution in [-0.4, -0.2) is 34.3 Å². The van der Waals surface area contributed by atoms with Gasteiger partial charge in [-0.3, -0.25) is 0 Å². The van der Waals surface area contributed by atoms with Gasteiger partial charge in [0.25, 0.3) is 0 Å². The lowest BCUT2D eigenvalue weighted by Crippen LogP contribution is -2.29. The van der Waals surface area contributed by atoms with Crippen molar-refractivity contribution in [3.63, 3.8) is 0 Å². The first-order valence-corrected chi connectivity index (χ1v) is 6.63. The lowest BCUT2D eigenvalue weighted by atomic mass is 9.93. The number of rotatable bonds is 3. The molecule has 0 aliphatic heterocycles. The minimum Gasteiger partial charge on any atom is -0.393 e. The molecule has 5 nitrogen and oxygen atoms in total. The van der Waals surface area contributed by atoms with Gasteiger partial charge in [-0.1, -0.05) is 0 Å². The topological polar surface area (TPSA) is 70.1 Å². The van der Waals surface area contributed by atoms with Gasteiger partial charge in [0, 0.05) is 13.1 Å². The summed E-state index contributed by atoms with van der Waals surface area (Å²) in [5.41, 5.74) is 0. The maximum atomic E-state index is 9.46. The van der Waals surface area contributed by atoms with Crippen molar-refractivity contribution in [2.45, 2.75) is 37.8 Å². The second-order valence-electron chi connectivity index (χ2n) is 4.29. The van der Waals surface area contributed by atoms with Crippen molar-refractivity contribution in [3.8, 4) is 0 Å². The van der Waals surface area contributed by atoms with Gasteiger partial charge >= 0.3 is 0 Å². The average Bonchev–Trinajstić information content (AvgIpc) is 2.32. The molecule has 1 aromatic heterocycles. The van der Waals surface area contributed by atoms with Gasteiger partial charge in [-0.25, -0.2) is 9.97 Å². The SMILES string of the molecule is CNc1ncc(Br)nc1NC1CCC(O)CC1. The van der Waals surface area contributed by atoms with Crippen LogP contribution in [0.3, 0.4) is 0 Å². The van der Waals surface area contributed by atoms with Crippen molar-refractivity contribution < 1.29 is 5.11 Å². The molecule has 1 aromatic rings. The van der Waals surface area contributed by atoms with Gasteiger partial charge in [0.05, 0.1) is 12.3 Å². The lowest BCUT2D eigenvalue weighted by molar-refractivity contribution is 0.126. The number of anilines is 2. The monoisotopic (exact) mass is 300 g/mol. The molecule has 1 fully saturated rings. The van der Waals surface area contributed by atoms with Crippen LogP contribution in [-0.2, 0) is 0 Å². The van der Waals surface area contributed by atoms with Crippen molar-refractivity contribution in [3.05, 3.63) is 10.8 Å². The van der Waals surface area contributed by atoms with Crippen molar-refractivity contribution in [1.82, 2.24) is 9.97 Å². The van der Waals surface area contributed by atoms with Crippen LogP contribution in [0.5, 0.6) is 0 Å². The minimum absolute atomic E-state index is 0.134. The van der Waals surface area contributed by atoms with E-state index in [0.29, 0.717) is 6.04 Å². The fourth-order valence-corrected chi connectivity index (χ4v) is 2.34. The third-order valence-corrected chi connectivity index (χ3v) is 3.40. The van der Waals surface area contributed by atoms with E-state index in [-0.39, 0.29) is 6.10 Å². The third kappa shape index (κ3) is 3.29. The largest absolute Gasteiger partial charge is 0.393 e. The first-order valence-electron chi connectivity index (χ1n) is 5.84. The first kappa shape index (κ1) is 12.6. The molecule has 0 unspecified atom stereocenters. The van der Waals surface area contributed by atoms with Gasteiger partial charge in [-0.05, 0) is 41.6 Å². The van der Waals surface area contributed by atoms with Gasteiger partial charge < -0.3 is 15.7 Å². The summed E-state index contributed by atoms with van der Waals surface area (Å²) in [4.78, 5) is 8.62. The molecule has 3 N–H and O–H groups in total. The molecule has 1 aliphatic rings. The van der Waals surface area contributed by atoms with E-state index in [9.17, 15) is 5.11 Å². The molecule has 0 bridgehead atoms. The van der Waals surface area contributed by atoms with E-state index in [0.717, 1.165) is 41.9 Å². The summed E-state index contributed by atoms with van der Waals surface area (Å²) in [5.74, 6) is 1.52. The number of nitrogens with one attached hydrogen (secondary N) is 2. The summed E-state index contributed by atoms with van der Waals surface area (Å²) >= 11 is 3.32. The molecule has 0 amide bonds. The highest BCUT2D eigenvalue weighted by atomic mass is 79.9. The van der Waals surface area contributed by atoms with Crippen LogP contribution >= 0.6 is 15.9 Å². The standard InChI is InChI=1S/C11H17BrN4O/c1-13-10-11(16-9(12)6-14-10)15-7-2-4-8(17)5-3-7/h6-8,17H,2-5H2,1H3,(H,13,14)(H,15,16). The summed E-state index contributed by atoms with van der Waals surface area (Å²) < 4.78 is 0.717. The Kier molecular flexibility index (Phi) is 4.17. The predicted molar refractivity (Wildman–Crippen MR) is 71.2 cm³/mol. The first-order chi connectivity index (χ1) is 8.19. The zero-order valence-corrected chi connectivity index (χ0v) is 11.4. The molecule has 0 saturated heterocycles. The summed E-state index contributed by atoms with van der Waals surface area (Å²) in [5, 5.41) is 15.9. The van der Waals surface area contributed by atoms with E-state index in [1.54, 1.807) is 6.20 Å². The Morgan fingerprint density at radius 1 is 1.29 bits per heavy atom. The molecule has 1 saturated carbocycles. The maximum Gasteiger partial charge on any atom is 0.170 e. The highest BCUT2D eigenvalue weighted by Crippen LogP contribution is 2.25. The number of aromatic nitrogens is 2. The number of aliphatic hydroxyl groups excluding tert-OH is 1. The molecule has 94 valence electrons. The number of aliphatic hydroxyl groups is 1. The van der Waals surface area contributed by atoms with E-state index in [4.69, 9.17) is 0 Å². The Morgan fingerprint density at radius 3 is 2.65 bits per heavy atom. The second kappa shape index (κ2) is 5.64. The number of nitrogens with zero attached hydrogens (tertiary/aromatic N) is 2. The Bertz CT molecular complexity index is 380. The highest BCUT2D eigenvalue weighted by Gasteiger charge is 2.20. The average molecular weight is 301 g/mol. The molecule has 2 rings (SSSR count). The minimum atomic E-state index is -0.134. The van der Waals surface area contributed by atoms with Gasteiger partial charge in [-0.2, -0.15) is 0 Å². The third-order valence-electron chi connectivity index (χ3n) is 3.02. The van der Waals surface area contributed by atoms with Crippen LogP contribution in [0, 0.1) is 0 Å². The number of hydrogen-bond donors (Lipinski definition) is 3. The summed E-state index contributed by atoms with van der Waals surface area (Å²) in [6.07, 6.45) is 5.19. The molecule has 0 radical (unpaired) electrons. The molecular formula is C11H17BrN4O. The van der Waals surface area contributed by atoms with Crippen molar-refractivity contribution in [2.75, 3.05) is 17.7 Å². The molecule has 0 aromatic carbocycles. The zero-order chi connectivity index (χ0) is 12.3. The van der Waals surface area contributed by atoms with Crippen LogP contribution in [0.4, 0.5) is 11.6 Å². The van der Waals surface area contributed by atoms with Gasteiger partial charge in [0.1, 0.15) is 4.60 Å².